The van der Waals surface area contributed by atoms with Crippen LogP contribution in [0.25, 0.3) is 0 Å². The van der Waals surface area contributed by atoms with Crippen LogP contribution in [0.3, 0.4) is 0 Å². The van der Waals surface area contributed by atoms with Crippen molar-refractivity contribution in [1.82, 2.24) is 15.8 Å². The average molecular weight is 336 g/mol. The predicted octanol–water partition coefficient (Wildman–Crippen LogP) is 1.16. The van der Waals surface area contributed by atoms with E-state index in [0.717, 1.165) is 37.9 Å². The molecular formula is C17H28N4O3. The lowest BCUT2D eigenvalue weighted by atomic mass is 9.68. The molecular weight excluding hydrogens is 308 g/mol. The molecule has 7 heteroatoms. The van der Waals surface area contributed by atoms with Gasteiger partial charge in [0.2, 0.25) is 5.91 Å². The quantitative estimate of drug-likeness (QED) is 0.503. The summed E-state index contributed by atoms with van der Waals surface area (Å²) in [5, 5.41) is 20.3. The van der Waals surface area contributed by atoms with Crippen LogP contribution >= 0.6 is 0 Å². The lowest BCUT2D eigenvalue weighted by Crippen LogP contribution is -2.49. The summed E-state index contributed by atoms with van der Waals surface area (Å²) < 4.78 is 5.28. The fourth-order valence-corrected chi connectivity index (χ4v) is 3.15. The van der Waals surface area contributed by atoms with Gasteiger partial charge in [-0.2, -0.15) is 0 Å². The first kappa shape index (κ1) is 17.4. The van der Waals surface area contributed by atoms with Crippen LogP contribution in [0.2, 0.25) is 0 Å². The second-order valence-corrected chi connectivity index (χ2v) is 7.52. The summed E-state index contributed by atoms with van der Waals surface area (Å²) in [5.74, 6) is 1.34. The summed E-state index contributed by atoms with van der Waals surface area (Å²) in [4.78, 5) is 11.8. The second-order valence-electron chi connectivity index (χ2n) is 7.52. The van der Waals surface area contributed by atoms with Crippen LogP contribution in [-0.4, -0.2) is 35.3 Å². The van der Waals surface area contributed by atoms with Gasteiger partial charge in [0.15, 0.2) is 6.23 Å². The van der Waals surface area contributed by atoms with Crippen LogP contribution in [0.5, 0.6) is 0 Å². The molecule has 0 aromatic carbocycles. The molecule has 7 nitrogen and oxygen atoms in total. The number of aliphatic hydroxyl groups excluding tert-OH is 1. The molecule has 134 valence electrons. The van der Waals surface area contributed by atoms with Crippen molar-refractivity contribution in [1.29, 1.82) is 0 Å². The minimum atomic E-state index is -0.835. The van der Waals surface area contributed by atoms with Crippen molar-refractivity contribution in [3.05, 3.63) is 17.5 Å². The molecule has 2 saturated carbocycles. The van der Waals surface area contributed by atoms with Gasteiger partial charge in [0.1, 0.15) is 11.5 Å². The van der Waals surface area contributed by atoms with Crippen LogP contribution < -0.4 is 16.4 Å². The lowest BCUT2D eigenvalue weighted by Gasteiger charge is -2.42. The molecule has 2 aliphatic carbocycles. The number of nitrogens with two attached hydrogens (primary N) is 1. The van der Waals surface area contributed by atoms with Gasteiger partial charge in [0.25, 0.3) is 0 Å². The zero-order valence-electron chi connectivity index (χ0n) is 14.3. The van der Waals surface area contributed by atoms with Crippen LogP contribution in [0.15, 0.2) is 10.6 Å². The topological polar surface area (TPSA) is 113 Å². The third-order valence-corrected chi connectivity index (χ3v) is 5.06. The van der Waals surface area contributed by atoms with E-state index in [1.807, 2.05) is 13.0 Å². The third kappa shape index (κ3) is 4.34. The second kappa shape index (κ2) is 7.21. The minimum absolute atomic E-state index is 0.0114. The SMILES string of the molecule is C[C@@H](N)CC(=O)NCC1(CNC(O)c2cc(C3CC3)on2)CCC1. The standard InChI is InChI=1S/C17H28N4O3/c1-11(18)7-15(22)19-9-17(5-2-6-17)10-20-16(23)13-8-14(24-21-13)12-3-4-12/h8,11-12,16,20,23H,2-7,9-10,18H2,1H3,(H,19,22)/t11-,16?/m1/s1. The van der Waals surface area contributed by atoms with Gasteiger partial charge in [-0.25, -0.2) is 0 Å². The van der Waals surface area contributed by atoms with E-state index in [1.165, 1.54) is 0 Å². The highest BCUT2D eigenvalue weighted by Gasteiger charge is 2.37. The summed E-state index contributed by atoms with van der Waals surface area (Å²) in [6.45, 7) is 3.08. The van der Waals surface area contributed by atoms with Crippen molar-refractivity contribution in [3.8, 4) is 0 Å². The third-order valence-electron chi connectivity index (χ3n) is 5.06. The van der Waals surface area contributed by atoms with Crippen molar-refractivity contribution in [2.45, 2.75) is 63.6 Å². The molecule has 24 heavy (non-hydrogen) atoms. The number of nitrogens with zero attached hydrogens (tertiary/aromatic N) is 1. The Morgan fingerprint density at radius 3 is 2.83 bits per heavy atom. The van der Waals surface area contributed by atoms with E-state index < -0.39 is 6.23 Å². The molecule has 1 aromatic rings. The molecule has 1 amide bonds. The van der Waals surface area contributed by atoms with Crippen LogP contribution in [-0.2, 0) is 4.79 Å². The Morgan fingerprint density at radius 1 is 1.50 bits per heavy atom. The lowest BCUT2D eigenvalue weighted by molar-refractivity contribution is -0.122. The highest BCUT2D eigenvalue weighted by molar-refractivity contribution is 5.76. The molecule has 1 unspecified atom stereocenters. The molecule has 0 radical (unpaired) electrons. The Labute approximate surface area is 142 Å². The molecule has 0 bridgehead atoms. The fourth-order valence-electron chi connectivity index (χ4n) is 3.15. The first-order valence-electron chi connectivity index (χ1n) is 8.88. The average Bonchev–Trinajstić information content (AvgIpc) is 3.22. The molecule has 3 rings (SSSR count). The zero-order valence-corrected chi connectivity index (χ0v) is 14.3. The predicted molar refractivity (Wildman–Crippen MR) is 89.0 cm³/mol. The minimum Gasteiger partial charge on any atom is -0.373 e. The number of hydrogen-bond acceptors (Lipinski definition) is 6. The van der Waals surface area contributed by atoms with E-state index in [4.69, 9.17) is 10.3 Å². The Kier molecular flexibility index (Phi) is 5.22. The van der Waals surface area contributed by atoms with E-state index in [2.05, 4.69) is 15.8 Å². The van der Waals surface area contributed by atoms with Gasteiger partial charge in [-0.05, 0) is 32.6 Å². The van der Waals surface area contributed by atoms with Crippen LogP contribution in [0.4, 0.5) is 0 Å². The first-order valence-corrected chi connectivity index (χ1v) is 8.88. The molecule has 1 heterocycles. The fraction of sp³-hybridized carbons (Fsp3) is 0.765. The van der Waals surface area contributed by atoms with E-state index in [9.17, 15) is 9.90 Å². The van der Waals surface area contributed by atoms with Crippen LogP contribution in [0.1, 0.15) is 69.0 Å². The van der Waals surface area contributed by atoms with E-state index >= 15 is 0 Å². The maximum absolute atomic E-state index is 11.8. The monoisotopic (exact) mass is 336 g/mol. The zero-order chi connectivity index (χ0) is 17.2. The van der Waals surface area contributed by atoms with Crippen molar-refractivity contribution < 1.29 is 14.4 Å². The summed E-state index contributed by atoms with van der Waals surface area (Å²) >= 11 is 0. The van der Waals surface area contributed by atoms with E-state index in [0.29, 0.717) is 31.1 Å². The summed E-state index contributed by atoms with van der Waals surface area (Å²) in [5.41, 5.74) is 6.19. The summed E-state index contributed by atoms with van der Waals surface area (Å²) in [7, 11) is 0. The highest BCUT2D eigenvalue weighted by atomic mass is 16.5. The number of amides is 1. The van der Waals surface area contributed by atoms with Gasteiger partial charge >= 0.3 is 0 Å². The molecule has 0 aliphatic heterocycles. The normalized spacial score (nSPS) is 21.8. The van der Waals surface area contributed by atoms with Gasteiger partial charge in [0, 0.05) is 43.0 Å². The molecule has 2 atom stereocenters. The number of nitrogens with one attached hydrogen (secondary N) is 2. The Hall–Kier alpha value is -1.44. The maximum atomic E-state index is 11.8. The summed E-state index contributed by atoms with van der Waals surface area (Å²) in [6.07, 6.45) is 5.02. The van der Waals surface area contributed by atoms with Gasteiger partial charge in [-0.3, -0.25) is 10.1 Å². The van der Waals surface area contributed by atoms with Crippen LogP contribution in [0, 0.1) is 5.41 Å². The Bertz CT molecular complexity index is 564. The number of aliphatic hydroxyl groups is 1. The van der Waals surface area contributed by atoms with Gasteiger partial charge < -0.3 is 20.7 Å². The smallest absolute Gasteiger partial charge is 0.221 e. The van der Waals surface area contributed by atoms with Crippen molar-refractivity contribution in [2.24, 2.45) is 11.1 Å². The van der Waals surface area contributed by atoms with Crippen molar-refractivity contribution >= 4 is 5.91 Å². The van der Waals surface area contributed by atoms with E-state index in [1.54, 1.807) is 0 Å². The largest absolute Gasteiger partial charge is 0.373 e. The highest BCUT2D eigenvalue weighted by Crippen LogP contribution is 2.41. The molecule has 5 N–H and O–H groups in total. The number of rotatable bonds is 9. The molecule has 1 aromatic heterocycles. The molecule has 0 spiro atoms. The number of aromatic nitrogens is 1. The molecule has 2 fully saturated rings. The van der Waals surface area contributed by atoms with Crippen molar-refractivity contribution in [3.63, 3.8) is 0 Å². The van der Waals surface area contributed by atoms with E-state index in [-0.39, 0.29) is 17.4 Å². The number of hydrogen-bond donors (Lipinski definition) is 4. The number of carbonyl (C=O) groups excluding carboxylic acids is 1. The van der Waals surface area contributed by atoms with Gasteiger partial charge in [-0.15, -0.1) is 0 Å². The first-order chi connectivity index (χ1) is 11.5. The number of carbonyl (C=O) groups is 1. The molecule has 0 saturated heterocycles. The Morgan fingerprint density at radius 2 is 2.25 bits per heavy atom. The molecule has 2 aliphatic rings. The van der Waals surface area contributed by atoms with Gasteiger partial charge in [-0.1, -0.05) is 11.6 Å². The summed E-state index contributed by atoms with van der Waals surface area (Å²) in [6, 6.07) is 1.71. The maximum Gasteiger partial charge on any atom is 0.221 e. The Balaban J connectivity index is 1.46. The van der Waals surface area contributed by atoms with Gasteiger partial charge in [0.05, 0.1) is 0 Å². The van der Waals surface area contributed by atoms with Crippen molar-refractivity contribution in [2.75, 3.05) is 13.1 Å².